The second-order valence-electron chi connectivity index (χ2n) is 5.97. The lowest BCUT2D eigenvalue weighted by molar-refractivity contribution is 0.532. The highest BCUT2D eigenvalue weighted by molar-refractivity contribution is 7.89. The molecule has 0 aliphatic heterocycles. The van der Waals surface area contributed by atoms with Crippen LogP contribution in [-0.2, 0) is 16.6 Å². The first-order valence-electron chi connectivity index (χ1n) is 8.00. The van der Waals surface area contributed by atoms with E-state index >= 15 is 0 Å². The summed E-state index contributed by atoms with van der Waals surface area (Å²) in [7, 11) is -3.71. The Bertz CT molecular complexity index is 936. The molecular formula is C18H20N4O2S. The van der Waals surface area contributed by atoms with Crippen LogP contribution in [0.1, 0.15) is 25.5 Å². The van der Waals surface area contributed by atoms with Gasteiger partial charge in [0.05, 0.1) is 0 Å². The predicted molar refractivity (Wildman–Crippen MR) is 96.3 cm³/mol. The Labute approximate surface area is 147 Å². The number of hydrogen-bond acceptors (Lipinski definition) is 4. The van der Waals surface area contributed by atoms with Crippen LogP contribution in [0.15, 0.2) is 66.0 Å². The summed E-state index contributed by atoms with van der Waals surface area (Å²) in [6, 6.07) is 13.0. The molecule has 25 heavy (non-hydrogen) atoms. The first kappa shape index (κ1) is 17.3. The molecule has 0 bridgehead atoms. The predicted octanol–water partition coefficient (Wildman–Crippen LogP) is 3.00. The van der Waals surface area contributed by atoms with Crippen molar-refractivity contribution in [3.8, 4) is 11.3 Å². The van der Waals surface area contributed by atoms with Gasteiger partial charge in [0, 0.05) is 36.7 Å². The smallest absolute Gasteiger partial charge is 0.244 e. The van der Waals surface area contributed by atoms with Crippen molar-refractivity contribution in [3.05, 3.63) is 66.6 Å². The van der Waals surface area contributed by atoms with Gasteiger partial charge in [0.25, 0.3) is 0 Å². The van der Waals surface area contributed by atoms with Crippen LogP contribution in [0.25, 0.3) is 11.3 Å². The van der Waals surface area contributed by atoms with Crippen molar-refractivity contribution in [1.82, 2.24) is 19.5 Å². The minimum absolute atomic E-state index is 0.0599. The molecule has 2 heterocycles. The Balaban J connectivity index is 1.97. The second-order valence-corrected chi connectivity index (χ2v) is 7.70. The van der Waals surface area contributed by atoms with Gasteiger partial charge in [-0.2, -0.15) is 5.10 Å². The van der Waals surface area contributed by atoms with Crippen molar-refractivity contribution in [2.45, 2.75) is 31.3 Å². The number of hydrogen-bond donors (Lipinski definition) is 1. The lowest BCUT2D eigenvalue weighted by Gasteiger charge is -2.07. The highest BCUT2D eigenvalue weighted by Gasteiger charge is 2.24. The molecule has 0 amide bonds. The molecule has 0 radical (unpaired) electrons. The van der Waals surface area contributed by atoms with Crippen LogP contribution >= 0.6 is 0 Å². The highest BCUT2D eigenvalue weighted by Crippen LogP contribution is 2.27. The van der Waals surface area contributed by atoms with Crippen molar-refractivity contribution in [1.29, 1.82) is 0 Å². The van der Waals surface area contributed by atoms with E-state index in [0.717, 1.165) is 11.1 Å². The molecule has 0 saturated carbocycles. The normalized spacial score (nSPS) is 11.8. The average Bonchev–Trinajstić information content (AvgIpc) is 3.08. The molecule has 6 nitrogen and oxygen atoms in total. The first-order chi connectivity index (χ1) is 12.0. The van der Waals surface area contributed by atoms with E-state index in [9.17, 15) is 8.42 Å². The molecular weight excluding hydrogens is 336 g/mol. The van der Waals surface area contributed by atoms with Gasteiger partial charge < -0.3 is 0 Å². The largest absolute Gasteiger partial charge is 0.268 e. The van der Waals surface area contributed by atoms with Crippen molar-refractivity contribution >= 4 is 10.0 Å². The molecule has 0 saturated heterocycles. The van der Waals surface area contributed by atoms with E-state index in [4.69, 9.17) is 0 Å². The van der Waals surface area contributed by atoms with Crippen LogP contribution in [0.2, 0.25) is 0 Å². The minimum atomic E-state index is -3.71. The van der Waals surface area contributed by atoms with E-state index in [1.807, 2.05) is 50.2 Å². The molecule has 1 N–H and O–H groups in total. The zero-order valence-corrected chi connectivity index (χ0v) is 14.9. The van der Waals surface area contributed by atoms with E-state index in [1.165, 1.54) is 0 Å². The molecule has 0 spiro atoms. The van der Waals surface area contributed by atoms with Gasteiger partial charge in [-0.3, -0.25) is 9.67 Å². The Hall–Kier alpha value is -2.51. The number of pyridine rings is 1. The molecule has 3 aromatic rings. The van der Waals surface area contributed by atoms with Gasteiger partial charge in [0.15, 0.2) is 0 Å². The SMILES string of the molecule is CC(C)n1cc(S(=O)(=O)NCc2cccnc2)c(-c2ccccc2)n1. The Kier molecular flexibility index (Phi) is 4.96. The standard InChI is InChI=1S/C18H20N4O2S/c1-14(2)22-13-17(18(21-22)16-8-4-3-5-9-16)25(23,24)20-12-15-7-6-10-19-11-15/h3-11,13-14,20H,12H2,1-2H3. The number of nitrogens with one attached hydrogen (secondary N) is 1. The summed E-state index contributed by atoms with van der Waals surface area (Å²) in [5.74, 6) is 0. The lowest BCUT2D eigenvalue weighted by Crippen LogP contribution is -2.23. The van der Waals surface area contributed by atoms with Crippen LogP contribution in [0.5, 0.6) is 0 Å². The monoisotopic (exact) mass is 356 g/mol. The maximum absolute atomic E-state index is 12.9. The van der Waals surface area contributed by atoms with Crippen LogP contribution < -0.4 is 4.72 Å². The van der Waals surface area contributed by atoms with E-state index in [0.29, 0.717) is 5.69 Å². The van der Waals surface area contributed by atoms with E-state index < -0.39 is 10.0 Å². The molecule has 0 unspecified atom stereocenters. The fraction of sp³-hybridized carbons (Fsp3) is 0.222. The first-order valence-corrected chi connectivity index (χ1v) is 9.49. The fourth-order valence-corrected chi connectivity index (χ4v) is 3.56. The molecule has 2 aromatic heterocycles. The van der Waals surface area contributed by atoms with Crippen LogP contribution in [0, 0.1) is 0 Å². The van der Waals surface area contributed by atoms with Crippen LogP contribution in [0.3, 0.4) is 0 Å². The quantitative estimate of drug-likeness (QED) is 0.736. The van der Waals surface area contributed by atoms with Crippen molar-refractivity contribution in [2.75, 3.05) is 0 Å². The minimum Gasteiger partial charge on any atom is -0.268 e. The third-order valence-corrected chi connectivity index (χ3v) is 5.16. The molecule has 0 fully saturated rings. The average molecular weight is 356 g/mol. The van der Waals surface area contributed by atoms with Gasteiger partial charge in [0.2, 0.25) is 10.0 Å². The summed E-state index contributed by atoms with van der Waals surface area (Å²) in [6.45, 7) is 4.10. The summed E-state index contributed by atoms with van der Waals surface area (Å²) in [4.78, 5) is 4.18. The van der Waals surface area contributed by atoms with Crippen molar-refractivity contribution in [3.63, 3.8) is 0 Å². The lowest BCUT2D eigenvalue weighted by atomic mass is 10.2. The number of nitrogens with zero attached hydrogens (tertiary/aromatic N) is 3. The van der Waals surface area contributed by atoms with E-state index in [1.54, 1.807) is 29.3 Å². The molecule has 0 atom stereocenters. The Morgan fingerprint density at radius 2 is 1.88 bits per heavy atom. The van der Waals surface area contributed by atoms with E-state index in [-0.39, 0.29) is 17.5 Å². The van der Waals surface area contributed by atoms with Gasteiger partial charge in [-0.15, -0.1) is 0 Å². The fourth-order valence-electron chi connectivity index (χ4n) is 2.39. The molecule has 1 aromatic carbocycles. The Morgan fingerprint density at radius 3 is 2.52 bits per heavy atom. The molecule has 7 heteroatoms. The maximum Gasteiger partial charge on any atom is 0.244 e. The Morgan fingerprint density at radius 1 is 1.12 bits per heavy atom. The van der Waals surface area contributed by atoms with Crippen molar-refractivity contribution < 1.29 is 8.42 Å². The number of sulfonamides is 1. The summed E-state index contributed by atoms with van der Waals surface area (Å²) in [5, 5.41) is 4.49. The molecule has 0 aliphatic rings. The topological polar surface area (TPSA) is 76.9 Å². The zero-order valence-electron chi connectivity index (χ0n) is 14.1. The van der Waals surface area contributed by atoms with Crippen LogP contribution in [-0.4, -0.2) is 23.2 Å². The van der Waals surface area contributed by atoms with Gasteiger partial charge in [0.1, 0.15) is 10.6 Å². The summed E-state index contributed by atoms with van der Waals surface area (Å²) in [5.41, 5.74) is 2.01. The third-order valence-electron chi connectivity index (χ3n) is 3.75. The van der Waals surface area contributed by atoms with Gasteiger partial charge in [-0.1, -0.05) is 36.4 Å². The third kappa shape index (κ3) is 3.94. The highest BCUT2D eigenvalue weighted by atomic mass is 32.2. The summed E-state index contributed by atoms with van der Waals surface area (Å²) < 4.78 is 30.0. The maximum atomic E-state index is 12.9. The van der Waals surface area contributed by atoms with Gasteiger partial charge in [-0.05, 0) is 25.5 Å². The summed E-state index contributed by atoms with van der Waals surface area (Å²) >= 11 is 0. The van der Waals surface area contributed by atoms with E-state index in [2.05, 4.69) is 14.8 Å². The zero-order chi connectivity index (χ0) is 17.9. The molecule has 130 valence electrons. The van der Waals surface area contributed by atoms with Crippen molar-refractivity contribution in [2.24, 2.45) is 0 Å². The number of benzene rings is 1. The van der Waals surface area contributed by atoms with Gasteiger partial charge in [-0.25, -0.2) is 13.1 Å². The van der Waals surface area contributed by atoms with Gasteiger partial charge >= 0.3 is 0 Å². The number of aromatic nitrogens is 3. The second kappa shape index (κ2) is 7.16. The van der Waals surface area contributed by atoms with Crippen LogP contribution in [0.4, 0.5) is 0 Å². The number of rotatable bonds is 6. The summed E-state index contributed by atoms with van der Waals surface area (Å²) in [6.07, 6.45) is 4.87. The molecule has 0 aliphatic carbocycles. The molecule has 3 rings (SSSR count).